The molecule has 7 heteroatoms. The molecular formula is C13H14N6S. The fourth-order valence-corrected chi connectivity index (χ4v) is 2.87. The second kappa shape index (κ2) is 5.96. The van der Waals surface area contributed by atoms with E-state index < -0.39 is 0 Å². The molecule has 102 valence electrons. The van der Waals surface area contributed by atoms with E-state index in [1.54, 1.807) is 18.0 Å². The summed E-state index contributed by atoms with van der Waals surface area (Å²) in [5.41, 5.74) is 0. The van der Waals surface area contributed by atoms with E-state index in [1.165, 1.54) is 0 Å². The minimum absolute atomic E-state index is 0.690. The number of tetrazole rings is 1. The van der Waals surface area contributed by atoms with Crippen LogP contribution in [0.5, 0.6) is 0 Å². The van der Waals surface area contributed by atoms with Gasteiger partial charge in [-0.25, -0.2) is 4.68 Å². The van der Waals surface area contributed by atoms with Gasteiger partial charge in [0.1, 0.15) is 5.03 Å². The summed E-state index contributed by atoms with van der Waals surface area (Å²) in [6.07, 6.45) is 2.79. The Balaban J connectivity index is 1.81. The van der Waals surface area contributed by atoms with Crippen molar-refractivity contribution in [1.82, 2.24) is 30.4 Å². The fourth-order valence-electron chi connectivity index (χ4n) is 1.95. The Morgan fingerprint density at radius 3 is 3.00 bits per heavy atom. The van der Waals surface area contributed by atoms with Crippen molar-refractivity contribution in [1.29, 1.82) is 0 Å². The molecule has 0 fully saturated rings. The van der Waals surface area contributed by atoms with E-state index in [4.69, 9.17) is 0 Å². The van der Waals surface area contributed by atoms with Crippen LogP contribution >= 0.6 is 11.8 Å². The molecule has 0 unspecified atom stereocenters. The van der Waals surface area contributed by atoms with Gasteiger partial charge >= 0.3 is 0 Å². The SMILES string of the molecule is CCCn1nnnc1CSc1nncc2ccccc12. The number of fused-ring (bicyclic) bond motifs is 1. The molecule has 0 aliphatic carbocycles. The smallest absolute Gasteiger partial charge is 0.161 e. The van der Waals surface area contributed by atoms with Crippen molar-refractivity contribution in [2.24, 2.45) is 0 Å². The predicted molar refractivity (Wildman–Crippen MR) is 77.2 cm³/mol. The van der Waals surface area contributed by atoms with Crippen LogP contribution in [0.25, 0.3) is 10.8 Å². The van der Waals surface area contributed by atoms with Crippen LogP contribution in [0, 0.1) is 0 Å². The van der Waals surface area contributed by atoms with Gasteiger partial charge in [0.25, 0.3) is 0 Å². The normalized spacial score (nSPS) is 11.1. The van der Waals surface area contributed by atoms with E-state index in [0.29, 0.717) is 5.75 Å². The van der Waals surface area contributed by atoms with Gasteiger partial charge in [-0.05, 0) is 16.8 Å². The molecule has 20 heavy (non-hydrogen) atoms. The first kappa shape index (κ1) is 13.0. The first-order valence-electron chi connectivity index (χ1n) is 6.46. The molecule has 0 bridgehead atoms. The highest BCUT2D eigenvalue weighted by atomic mass is 32.2. The zero-order valence-electron chi connectivity index (χ0n) is 11.1. The second-order valence-corrected chi connectivity index (χ2v) is 5.31. The Morgan fingerprint density at radius 1 is 1.20 bits per heavy atom. The van der Waals surface area contributed by atoms with Crippen LogP contribution in [0.15, 0.2) is 35.5 Å². The van der Waals surface area contributed by atoms with Crippen molar-refractivity contribution in [2.75, 3.05) is 0 Å². The van der Waals surface area contributed by atoms with Crippen LogP contribution in [-0.2, 0) is 12.3 Å². The highest BCUT2D eigenvalue weighted by Gasteiger charge is 2.09. The summed E-state index contributed by atoms with van der Waals surface area (Å²) >= 11 is 1.61. The van der Waals surface area contributed by atoms with Crippen molar-refractivity contribution in [3.8, 4) is 0 Å². The van der Waals surface area contributed by atoms with Crippen molar-refractivity contribution in [3.63, 3.8) is 0 Å². The zero-order chi connectivity index (χ0) is 13.8. The highest BCUT2D eigenvalue weighted by molar-refractivity contribution is 7.98. The third-order valence-corrected chi connectivity index (χ3v) is 3.89. The molecule has 1 aromatic carbocycles. The Labute approximate surface area is 120 Å². The third kappa shape index (κ3) is 2.62. The summed E-state index contributed by atoms with van der Waals surface area (Å²) in [4.78, 5) is 0. The summed E-state index contributed by atoms with van der Waals surface area (Å²) < 4.78 is 1.84. The molecule has 0 atom stereocenters. The maximum atomic E-state index is 4.22. The van der Waals surface area contributed by atoms with Gasteiger partial charge in [0.15, 0.2) is 5.82 Å². The molecule has 0 aliphatic rings. The predicted octanol–water partition coefficient (Wildman–Crippen LogP) is 2.32. The van der Waals surface area contributed by atoms with Crippen LogP contribution in [-0.4, -0.2) is 30.4 Å². The van der Waals surface area contributed by atoms with E-state index in [0.717, 1.165) is 34.6 Å². The molecule has 6 nitrogen and oxygen atoms in total. The fraction of sp³-hybridized carbons (Fsp3) is 0.308. The molecule has 0 N–H and O–H groups in total. The van der Waals surface area contributed by atoms with Gasteiger partial charge in [-0.2, -0.15) is 5.10 Å². The van der Waals surface area contributed by atoms with Crippen molar-refractivity contribution in [2.45, 2.75) is 30.7 Å². The van der Waals surface area contributed by atoms with Gasteiger partial charge < -0.3 is 0 Å². The van der Waals surface area contributed by atoms with E-state index in [9.17, 15) is 0 Å². The Bertz CT molecular complexity index is 705. The van der Waals surface area contributed by atoms with Gasteiger partial charge in [0, 0.05) is 17.3 Å². The lowest BCUT2D eigenvalue weighted by Gasteiger charge is -2.04. The van der Waals surface area contributed by atoms with E-state index in [2.05, 4.69) is 38.7 Å². The maximum Gasteiger partial charge on any atom is 0.161 e. The molecular weight excluding hydrogens is 272 g/mol. The average Bonchev–Trinajstić information content (AvgIpc) is 2.93. The maximum absolute atomic E-state index is 4.22. The number of aromatic nitrogens is 6. The summed E-state index contributed by atoms with van der Waals surface area (Å²) in [6.45, 7) is 2.94. The largest absolute Gasteiger partial charge is 0.229 e. The van der Waals surface area contributed by atoms with Crippen LogP contribution in [0.2, 0.25) is 0 Å². The molecule has 0 saturated heterocycles. The standard InChI is InChI=1S/C13H14N6S/c1-2-7-19-12(15-17-18-19)9-20-13-11-6-4-3-5-10(11)8-14-16-13/h3-6,8H,2,7,9H2,1H3. The highest BCUT2D eigenvalue weighted by Crippen LogP contribution is 2.26. The lowest BCUT2D eigenvalue weighted by atomic mass is 10.2. The Morgan fingerprint density at radius 2 is 2.10 bits per heavy atom. The molecule has 0 amide bonds. The van der Waals surface area contributed by atoms with Gasteiger partial charge in [0.2, 0.25) is 0 Å². The molecule has 2 aromatic heterocycles. The Hall–Kier alpha value is -2.02. The minimum atomic E-state index is 0.690. The number of benzene rings is 1. The summed E-state index contributed by atoms with van der Waals surface area (Å²) in [7, 11) is 0. The molecule has 2 heterocycles. The summed E-state index contributed by atoms with van der Waals surface area (Å²) in [6, 6.07) is 8.10. The van der Waals surface area contributed by atoms with Crippen LogP contribution in [0.1, 0.15) is 19.2 Å². The minimum Gasteiger partial charge on any atom is -0.229 e. The van der Waals surface area contributed by atoms with Crippen molar-refractivity contribution >= 4 is 22.5 Å². The first-order chi connectivity index (χ1) is 9.88. The molecule has 0 spiro atoms. The van der Waals surface area contributed by atoms with Crippen LogP contribution < -0.4 is 0 Å². The average molecular weight is 286 g/mol. The number of rotatable bonds is 5. The summed E-state index contributed by atoms with van der Waals surface area (Å²) in [5, 5.41) is 23.2. The molecule has 3 aromatic rings. The monoisotopic (exact) mass is 286 g/mol. The van der Waals surface area contributed by atoms with Gasteiger partial charge in [-0.15, -0.1) is 10.2 Å². The second-order valence-electron chi connectivity index (χ2n) is 4.34. The number of hydrogen-bond donors (Lipinski definition) is 0. The number of aryl methyl sites for hydroxylation is 1. The number of hydrogen-bond acceptors (Lipinski definition) is 6. The third-order valence-electron chi connectivity index (χ3n) is 2.92. The molecule has 0 saturated carbocycles. The molecule has 0 aliphatic heterocycles. The summed E-state index contributed by atoms with van der Waals surface area (Å²) in [5.74, 6) is 1.56. The van der Waals surface area contributed by atoms with E-state index >= 15 is 0 Å². The van der Waals surface area contributed by atoms with Crippen molar-refractivity contribution < 1.29 is 0 Å². The van der Waals surface area contributed by atoms with E-state index in [-0.39, 0.29) is 0 Å². The van der Waals surface area contributed by atoms with Gasteiger partial charge in [-0.3, -0.25) is 0 Å². The number of thioether (sulfide) groups is 1. The lowest BCUT2D eigenvalue weighted by Crippen LogP contribution is -2.04. The first-order valence-corrected chi connectivity index (χ1v) is 7.45. The lowest BCUT2D eigenvalue weighted by molar-refractivity contribution is 0.564. The zero-order valence-corrected chi connectivity index (χ0v) is 11.9. The quantitative estimate of drug-likeness (QED) is 0.670. The van der Waals surface area contributed by atoms with Gasteiger partial charge in [0.05, 0.1) is 11.9 Å². The number of nitrogens with zero attached hydrogens (tertiary/aromatic N) is 6. The van der Waals surface area contributed by atoms with E-state index in [1.807, 2.05) is 22.9 Å². The van der Waals surface area contributed by atoms with Crippen molar-refractivity contribution in [3.05, 3.63) is 36.3 Å². The van der Waals surface area contributed by atoms with Crippen LogP contribution in [0.4, 0.5) is 0 Å². The van der Waals surface area contributed by atoms with Crippen LogP contribution in [0.3, 0.4) is 0 Å². The Kier molecular flexibility index (Phi) is 3.87. The van der Waals surface area contributed by atoms with Gasteiger partial charge in [-0.1, -0.05) is 43.0 Å². The molecule has 3 rings (SSSR count). The molecule has 0 radical (unpaired) electrons. The topological polar surface area (TPSA) is 69.4 Å².